The van der Waals surface area contributed by atoms with E-state index in [0.29, 0.717) is 19.3 Å². The summed E-state index contributed by atoms with van der Waals surface area (Å²) in [5.74, 6) is -2.17. The number of rotatable bonds is 7. The minimum atomic E-state index is -1.29. The number of nitrogens with one attached hydrogen (secondary N) is 2. The smallest absolute Gasteiger partial charge is 0.339 e. The van der Waals surface area contributed by atoms with Gasteiger partial charge in [-0.05, 0) is 65.2 Å². The molecule has 5 N–H and O–H groups in total. The molecule has 1 fully saturated rings. The van der Waals surface area contributed by atoms with Gasteiger partial charge in [-0.1, -0.05) is 0 Å². The molecule has 2 amide bonds. The highest BCUT2D eigenvalue weighted by atomic mass is 16.5. The van der Waals surface area contributed by atoms with Crippen molar-refractivity contribution in [3.05, 3.63) is 23.8 Å². The molecule has 0 aliphatic carbocycles. The quantitative estimate of drug-likeness (QED) is 0.427. The summed E-state index contributed by atoms with van der Waals surface area (Å²) >= 11 is 0. The van der Waals surface area contributed by atoms with Crippen LogP contribution in [0.15, 0.2) is 18.2 Å². The lowest BCUT2D eigenvalue weighted by Gasteiger charge is -2.51. The molecule has 30 heavy (non-hydrogen) atoms. The molecule has 0 saturated carbocycles. The topological polar surface area (TPSA) is 139 Å². The Bertz CT molecular complexity index is 803. The number of hydrogen-bond donors (Lipinski definition) is 5. The molecule has 0 atom stereocenters. The van der Waals surface area contributed by atoms with Crippen LogP contribution in [0, 0.1) is 0 Å². The molecule has 1 aliphatic rings. The van der Waals surface area contributed by atoms with Crippen molar-refractivity contribution in [1.29, 1.82) is 0 Å². The van der Waals surface area contributed by atoms with Gasteiger partial charge in [-0.3, -0.25) is 9.59 Å². The summed E-state index contributed by atoms with van der Waals surface area (Å²) in [5, 5.41) is 35.8. The summed E-state index contributed by atoms with van der Waals surface area (Å²) in [5.41, 5.74) is -0.955. The Morgan fingerprint density at radius 3 is 2.20 bits per heavy atom. The third kappa shape index (κ3) is 5.93. The van der Waals surface area contributed by atoms with Crippen molar-refractivity contribution in [3.8, 4) is 5.75 Å². The number of hydrogen-bond acceptors (Lipinski definition) is 6. The Hall–Kier alpha value is -2.65. The largest absolute Gasteiger partial charge is 0.507 e. The number of benzene rings is 1. The first kappa shape index (κ1) is 23.6. The monoisotopic (exact) mass is 421 g/mol. The number of piperidine rings is 1. The first-order valence-corrected chi connectivity index (χ1v) is 9.96. The fraction of sp³-hybridized carbons (Fsp3) is 0.571. The SMILES string of the molecule is CC1(C)CC(NC(=O)CCCC(=O)Nc2ccc(O)c(C(=O)O)c2)CC(C)(C)N1O. The lowest BCUT2D eigenvalue weighted by atomic mass is 9.79. The van der Waals surface area contributed by atoms with Gasteiger partial charge in [0.2, 0.25) is 11.8 Å². The molecular formula is C21H31N3O6. The van der Waals surface area contributed by atoms with Crippen LogP contribution in [0.2, 0.25) is 0 Å². The van der Waals surface area contributed by atoms with Crippen molar-refractivity contribution >= 4 is 23.5 Å². The van der Waals surface area contributed by atoms with Crippen molar-refractivity contribution < 1.29 is 29.8 Å². The minimum Gasteiger partial charge on any atom is -0.507 e. The molecule has 0 bridgehead atoms. The average Bonchev–Trinajstić information content (AvgIpc) is 2.60. The second-order valence-corrected chi connectivity index (χ2v) is 9.05. The zero-order chi connectivity index (χ0) is 22.7. The molecule has 9 heteroatoms. The Morgan fingerprint density at radius 1 is 1.07 bits per heavy atom. The Labute approximate surface area is 176 Å². The van der Waals surface area contributed by atoms with Crippen LogP contribution < -0.4 is 10.6 Å². The first-order chi connectivity index (χ1) is 13.8. The zero-order valence-electron chi connectivity index (χ0n) is 17.9. The molecule has 1 aliphatic heterocycles. The summed E-state index contributed by atoms with van der Waals surface area (Å²) in [6, 6.07) is 3.72. The van der Waals surface area contributed by atoms with Gasteiger partial charge in [-0.2, -0.15) is 5.06 Å². The molecule has 0 radical (unpaired) electrons. The summed E-state index contributed by atoms with van der Waals surface area (Å²) in [7, 11) is 0. The van der Waals surface area contributed by atoms with E-state index in [1.807, 2.05) is 27.7 Å². The van der Waals surface area contributed by atoms with Gasteiger partial charge in [0.15, 0.2) is 0 Å². The van der Waals surface area contributed by atoms with Crippen LogP contribution in [0.5, 0.6) is 5.75 Å². The summed E-state index contributed by atoms with van der Waals surface area (Å²) < 4.78 is 0. The fourth-order valence-corrected chi connectivity index (χ4v) is 4.09. The zero-order valence-corrected chi connectivity index (χ0v) is 17.9. The van der Waals surface area contributed by atoms with Crippen LogP contribution in [0.4, 0.5) is 5.69 Å². The number of carboxylic acids is 1. The number of carbonyl (C=O) groups is 3. The Balaban J connectivity index is 1.80. The van der Waals surface area contributed by atoms with Crippen molar-refractivity contribution in [2.45, 2.75) is 76.9 Å². The number of aromatic carboxylic acids is 1. The Kier molecular flexibility index (Phi) is 7.10. The highest BCUT2D eigenvalue weighted by molar-refractivity contribution is 5.95. The number of nitrogens with zero attached hydrogens (tertiary/aromatic N) is 1. The second-order valence-electron chi connectivity index (χ2n) is 9.05. The highest BCUT2D eigenvalue weighted by Crippen LogP contribution is 2.36. The van der Waals surface area contributed by atoms with Crippen molar-refractivity contribution in [1.82, 2.24) is 10.4 Å². The number of carboxylic acid groups (broad SMARTS) is 1. The van der Waals surface area contributed by atoms with E-state index in [0.717, 1.165) is 0 Å². The predicted molar refractivity (Wildman–Crippen MR) is 110 cm³/mol. The maximum atomic E-state index is 12.3. The molecule has 2 rings (SSSR count). The van der Waals surface area contributed by atoms with E-state index in [-0.39, 0.29) is 47.7 Å². The maximum absolute atomic E-state index is 12.3. The third-order valence-corrected chi connectivity index (χ3v) is 5.32. The fourth-order valence-electron chi connectivity index (χ4n) is 4.09. The molecule has 1 saturated heterocycles. The van der Waals surface area contributed by atoms with E-state index in [1.165, 1.54) is 23.3 Å². The number of anilines is 1. The van der Waals surface area contributed by atoms with E-state index in [2.05, 4.69) is 10.6 Å². The van der Waals surface area contributed by atoms with Gasteiger partial charge in [-0.25, -0.2) is 4.79 Å². The number of phenols is 1. The summed E-state index contributed by atoms with van der Waals surface area (Å²) in [4.78, 5) is 35.4. The molecule has 1 aromatic rings. The normalized spacial score (nSPS) is 18.6. The lowest BCUT2D eigenvalue weighted by molar-refractivity contribution is -0.246. The van der Waals surface area contributed by atoms with E-state index in [1.54, 1.807) is 0 Å². The van der Waals surface area contributed by atoms with E-state index >= 15 is 0 Å². The van der Waals surface area contributed by atoms with Crippen LogP contribution in [-0.2, 0) is 9.59 Å². The maximum Gasteiger partial charge on any atom is 0.339 e. The van der Waals surface area contributed by atoms with E-state index < -0.39 is 17.0 Å². The van der Waals surface area contributed by atoms with Gasteiger partial charge in [0.25, 0.3) is 0 Å². The average molecular weight is 421 g/mol. The van der Waals surface area contributed by atoms with E-state index in [4.69, 9.17) is 5.11 Å². The van der Waals surface area contributed by atoms with Crippen LogP contribution in [0.1, 0.15) is 70.2 Å². The van der Waals surface area contributed by atoms with Crippen LogP contribution in [0.3, 0.4) is 0 Å². The van der Waals surface area contributed by atoms with Crippen LogP contribution >= 0.6 is 0 Å². The minimum absolute atomic E-state index is 0.0637. The first-order valence-electron chi connectivity index (χ1n) is 9.96. The predicted octanol–water partition coefficient (Wildman–Crippen LogP) is 2.73. The van der Waals surface area contributed by atoms with Gasteiger partial charge in [0.1, 0.15) is 11.3 Å². The van der Waals surface area contributed by atoms with Crippen molar-refractivity contribution in [2.75, 3.05) is 5.32 Å². The van der Waals surface area contributed by atoms with Crippen molar-refractivity contribution in [2.24, 2.45) is 0 Å². The van der Waals surface area contributed by atoms with Gasteiger partial charge in [-0.15, -0.1) is 0 Å². The number of hydroxylamine groups is 2. The van der Waals surface area contributed by atoms with E-state index in [9.17, 15) is 24.7 Å². The molecule has 1 aromatic carbocycles. The van der Waals surface area contributed by atoms with Gasteiger partial charge in [0.05, 0.1) is 0 Å². The molecule has 0 spiro atoms. The molecule has 1 heterocycles. The third-order valence-electron chi connectivity index (χ3n) is 5.32. The molecular weight excluding hydrogens is 390 g/mol. The second kappa shape index (κ2) is 9.01. The van der Waals surface area contributed by atoms with Crippen LogP contribution in [0.25, 0.3) is 0 Å². The highest BCUT2D eigenvalue weighted by Gasteiger charge is 2.45. The molecule has 9 nitrogen and oxygen atoms in total. The molecule has 0 aromatic heterocycles. The van der Waals surface area contributed by atoms with Gasteiger partial charge < -0.3 is 26.1 Å². The Morgan fingerprint density at radius 2 is 1.63 bits per heavy atom. The van der Waals surface area contributed by atoms with Gasteiger partial charge in [0, 0.05) is 35.6 Å². The van der Waals surface area contributed by atoms with Crippen molar-refractivity contribution in [3.63, 3.8) is 0 Å². The number of aromatic hydroxyl groups is 1. The molecule has 0 unspecified atom stereocenters. The summed E-state index contributed by atoms with van der Waals surface area (Å²) in [6.07, 6.45) is 1.86. The molecule has 166 valence electrons. The number of carbonyl (C=O) groups excluding carboxylic acids is 2. The number of amides is 2. The summed E-state index contributed by atoms with van der Waals surface area (Å²) in [6.45, 7) is 7.71. The van der Waals surface area contributed by atoms with Gasteiger partial charge >= 0.3 is 5.97 Å². The standard InChI is InChI=1S/C21H31N3O6/c1-20(2)11-14(12-21(3,4)24(20)30)23-18(27)7-5-6-17(26)22-13-8-9-16(25)15(10-13)19(28)29/h8-10,14,25,30H,5-7,11-12H2,1-4H3,(H,22,26)(H,23,27)(H,28,29). The van der Waals surface area contributed by atoms with Crippen LogP contribution in [-0.4, -0.2) is 55.4 Å². The lowest BCUT2D eigenvalue weighted by Crippen LogP contribution is -2.62.